The third kappa shape index (κ3) is 3.22. The molecule has 1 aromatic carbocycles. The van der Waals surface area contributed by atoms with Gasteiger partial charge in [-0.1, -0.05) is 0 Å². The topological polar surface area (TPSA) is 90.1 Å². The van der Waals surface area contributed by atoms with Crippen LogP contribution in [0, 0.1) is 22.9 Å². The van der Waals surface area contributed by atoms with Crippen LogP contribution in [0.5, 0.6) is 0 Å². The number of aromatic nitrogens is 2. The van der Waals surface area contributed by atoms with Gasteiger partial charge in [-0.2, -0.15) is 9.49 Å². The quantitative estimate of drug-likeness (QED) is 0.686. The number of hydrogen-bond donors (Lipinski definition) is 1. The largest absolute Gasteiger partial charge is 0.348 e. The zero-order chi connectivity index (χ0) is 15.6. The molecule has 0 aliphatic heterocycles. The van der Waals surface area contributed by atoms with Crippen LogP contribution in [0.15, 0.2) is 24.4 Å². The van der Waals surface area contributed by atoms with Gasteiger partial charge in [0.25, 0.3) is 5.91 Å². The van der Waals surface area contributed by atoms with E-state index in [9.17, 15) is 19.3 Å². The molecule has 1 heterocycles. The fourth-order valence-corrected chi connectivity index (χ4v) is 1.90. The van der Waals surface area contributed by atoms with Crippen LogP contribution in [-0.4, -0.2) is 20.6 Å². The maximum atomic E-state index is 13.5. The number of nitro groups is 1. The number of halogens is 1. The summed E-state index contributed by atoms with van der Waals surface area (Å²) in [5.74, 6) is -1.54. The molecule has 1 amide bonds. The third-order valence-corrected chi connectivity index (χ3v) is 2.96. The summed E-state index contributed by atoms with van der Waals surface area (Å²) in [6.07, 6.45) is 1.77. The molecule has 0 atom stereocenters. The second kappa shape index (κ2) is 5.70. The lowest BCUT2D eigenvalue weighted by Crippen LogP contribution is -2.23. The van der Waals surface area contributed by atoms with Crippen LogP contribution < -0.4 is 5.32 Å². The lowest BCUT2D eigenvalue weighted by atomic mass is 10.1. The van der Waals surface area contributed by atoms with Crippen LogP contribution in [0.2, 0.25) is 0 Å². The molecular formula is C13H13FN4O3. The van der Waals surface area contributed by atoms with Crippen molar-refractivity contribution in [3.63, 3.8) is 0 Å². The van der Waals surface area contributed by atoms with Gasteiger partial charge in [-0.15, -0.1) is 0 Å². The van der Waals surface area contributed by atoms with Crippen molar-refractivity contribution >= 4 is 11.6 Å². The van der Waals surface area contributed by atoms with Crippen molar-refractivity contribution in [2.75, 3.05) is 0 Å². The third-order valence-electron chi connectivity index (χ3n) is 2.96. The molecule has 0 aliphatic rings. The van der Waals surface area contributed by atoms with E-state index in [-0.39, 0.29) is 12.1 Å². The van der Waals surface area contributed by atoms with Crippen LogP contribution >= 0.6 is 0 Å². The van der Waals surface area contributed by atoms with Crippen LogP contribution in [0.25, 0.3) is 0 Å². The summed E-state index contributed by atoms with van der Waals surface area (Å²) in [6.45, 7) is 2.06. The molecule has 1 aromatic heterocycles. The Kier molecular flexibility index (Phi) is 3.97. The first-order valence-electron chi connectivity index (χ1n) is 6.09. The summed E-state index contributed by atoms with van der Waals surface area (Å²) in [4.78, 5) is 21.6. The van der Waals surface area contributed by atoms with Crippen LogP contribution in [0.4, 0.5) is 10.1 Å². The molecule has 2 aromatic rings. The highest BCUT2D eigenvalue weighted by Gasteiger charge is 2.16. The first kappa shape index (κ1) is 14.6. The smallest absolute Gasteiger partial charge is 0.304 e. The molecule has 7 nitrogen and oxygen atoms in total. The number of benzene rings is 1. The fraction of sp³-hybridized carbons (Fsp3) is 0.231. The second-order valence-electron chi connectivity index (χ2n) is 4.52. The molecule has 0 bridgehead atoms. The predicted octanol–water partition coefficient (Wildman–Crippen LogP) is 1.71. The van der Waals surface area contributed by atoms with Gasteiger partial charge in [-0.25, -0.2) is 0 Å². The van der Waals surface area contributed by atoms with E-state index in [1.54, 1.807) is 17.9 Å². The van der Waals surface area contributed by atoms with E-state index in [4.69, 9.17) is 0 Å². The van der Waals surface area contributed by atoms with Gasteiger partial charge in [0.2, 0.25) is 5.82 Å². The van der Waals surface area contributed by atoms with Gasteiger partial charge in [-0.05, 0) is 19.1 Å². The number of amides is 1. The van der Waals surface area contributed by atoms with Gasteiger partial charge >= 0.3 is 5.69 Å². The first-order chi connectivity index (χ1) is 9.88. The number of aryl methyl sites for hydroxylation is 2. The Morgan fingerprint density at radius 2 is 2.24 bits per heavy atom. The molecule has 110 valence electrons. The summed E-state index contributed by atoms with van der Waals surface area (Å²) < 4.78 is 15.1. The highest BCUT2D eigenvalue weighted by Crippen LogP contribution is 2.18. The number of carbonyl (C=O) groups is 1. The van der Waals surface area contributed by atoms with E-state index < -0.39 is 22.3 Å². The van der Waals surface area contributed by atoms with Gasteiger partial charge in [0, 0.05) is 37.0 Å². The molecule has 2 rings (SSSR count). The summed E-state index contributed by atoms with van der Waals surface area (Å²) in [5, 5.41) is 17.3. The minimum absolute atomic E-state index is 0.0274. The Balaban J connectivity index is 2.09. The van der Waals surface area contributed by atoms with Crippen molar-refractivity contribution in [3.8, 4) is 0 Å². The zero-order valence-electron chi connectivity index (χ0n) is 11.5. The summed E-state index contributed by atoms with van der Waals surface area (Å²) in [5.41, 5.74) is 0.996. The Labute approximate surface area is 119 Å². The molecule has 8 heteroatoms. The molecule has 0 fully saturated rings. The summed E-state index contributed by atoms with van der Waals surface area (Å²) >= 11 is 0. The van der Waals surface area contributed by atoms with Crippen molar-refractivity contribution in [1.29, 1.82) is 0 Å². The minimum atomic E-state index is -1.04. The standard InChI is InChI=1S/C13H13FN4O3/c1-8-10(7-17(2)16-8)6-15-13(19)9-3-4-12(18(20)21)11(14)5-9/h3-5,7H,6H2,1-2H3,(H,15,19). The molecule has 0 aliphatic carbocycles. The Morgan fingerprint density at radius 3 is 2.76 bits per heavy atom. The number of nitrogens with one attached hydrogen (secondary N) is 1. The highest BCUT2D eigenvalue weighted by atomic mass is 19.1. The number of carbonyl (C=O) groups excluding carboxylic acids is 1. The number of hydrogen-bond acceptors (Lipinski definition) is 4. The average Bonchev–Trinajstić information content (AvgIpc) is 2.73. The van der Waals surface area contributed by atoms with E-state index in [2.05, 4.69) is 10.4 Å². The first-order valence-corrected chi connectivity index (χ1v) is 6.09. The molecule has 1 N–H and O–H groups in total. The normalized spacial score (nSPS) is 10.4. The zero-order valence-corrected chi connectivity index (χ0v) is 11.5. The molecule has 0 saturated carbocycles. The van der Waals surface area contributed by atoms with Gasteiger partial charge in [0.1, 0.15) is 0 Å². The van der Waals surface area contributed by atoms with Crippen molar-refractivity contribution in [2.45, 2.75) is 13.5 Å². The van der Waals surface area contributed by atoms with E-state index in [1.165, 1.54) is 6.07 Å². The van der Waals surface area contributed by atoms with Gasteiger partial charge in [0.15, 0.2) is 0 Å². The Morgan fingerprint density at radius 1 is 1.52 bits per heavy atom. The van der Waals surface area contributed by atoms with E-state index >= 15 is 0 Å². The lowest BCUT2D eigenvalue weighted by molar-refractivity contribution is -0.387. The number of nitrogens with zero attached hydrogens (tertiary/aromatic N) is 3. The molecule has 21 heavy (non-hydrogen) atoms. The van der Waals surface area contributed by atoms with E-state index in [1.807, 2.05) is 6.92 Å². The second-order valence-corrected chi connectivity index (χ2v) is 4.52. The van der Waals surface area contributed by atoms with Crippen LogP contribution in [0.1, 0.15) is 21.6 Å². The van der Waals surface area contributed by atoms with Crippen LogP contribution in [-0.2, 0) is 13.6 Å². The SMILES string of the molecule is Cc1nn(C)cc1CNC(=O)c1ccc([N+](=O)[O-])c(F)c1. The molecular weight excluding hydrogens is 279 g/mol. The van der Waals surface area contributed by atoms with Crippen molar-refractivity contribution in [1.82, 2.24) is 15.1 Å². The summed E-state index contributed by atoms with van der Waals surface area (Å²) in [6, 6.07) is 3.04. The highest BCUT2D eigenvalue weighted by molar-refractivity contribution is 5.94. The van der Waals surface area contributed by atoms with Crippen molar-refractivity contribution in [2.24, 2.45) is 7.05 Å². The fourth-order valence-electron chi connectivity index (χ4n) is 1.90. The van der Waals surface area contributed by atoms with Crippen molar-refractivity contribution < 1.29 is 14.1 Å². The Hall–Kier alpha value is -2.77. The Bertz CT molecular complexity index is 711. The number of nitro benzene ring substituents is 1. The monoisotopic (exact) mass is 292 g/mol. The minimum Gasteiger partial charge on any atom is -0.348 e. The van der Waals surface area contributed by atoms with Crippen LogP contribution in [0.3, 0.4) is 0 Å². The molecule has 0 spiro atoms. The van der Waals surface area contributed by atoms with Gasteiger partial charge in [0.05, 0.1) is 10.6 Å². The van der Waals surface area contributed by atoms with E-state index in [0.29, 0.717) is 0 Å². The maximum Gasteiger partial charge on any atom is 0.304 e. The van der Waals surface area contributed by atoms with Crippen molar-refractivity contribution in [3.05, 3.63) is 57.1 Å². The summed E-state index contributed by atoms with van der Waals surface area (Å²) in [7, 11) is 1.77. The molecule has 0 saturated heterocycles. The molecule has 0 unspecified atom stereocenters. The number of rotatable bonds is 4. The van der Waals surface area contributed by atoms with Gasteiger partial charge < -0.3 is 5.32 Å². The predicted molar refractivity (Wildman–Crippen MR) is 72.2 cm³/mol. The lowest BCUT2D eigenvalue weighted by Gasteiger charge is -2.04. The van der Waals surface area contributed by atoms with Gasteiger partial charge in [-0.3, -0.25) is 19.6 Å². The maximum absolute atomic E-state index is 13.5. The molecule has 0 radical (unpaired) electrons. The average molecular weight is 292 g/mol. The van der Waals surface area contributed by atoms with E-state index in [0.717, 1.165) is 23.4 Å².